The van der Waals surface area contributed by atoms with Crippen LogP contribution in [-0.4, -0.2) is 61.1 Å². The Morgan fingerprint density at radius 1 is 1.16 bits per heavy atom. The number of anilines is 2. The van der Waals surface area contributed by atoms with Crippen LogP contribution in [0.4, 0.5) is 11.4 Å². The van der Waals surface area contributed by atoms with E-state index in [1.54, 1.807) is 6.07 Å². The lowest BCUT2D eigenvalue weighted by Gasteiger charge is -2.37. The highest BCUT2D eigenvalue weighted by Crippen LogP contribution is 2.27. The van der Waals surface area contributed by atoms with Gasteiger partial charge in [-0.3, -0.25) is 9.79 Å². The van der Waals surface area contributed by atoms with E-state index in [4.69, 9.17) is 11.6 Å². The molecule has 1 fully saturated rings. The molecule has 2 aromatic carbocycles. The Kier molecular flexibility index (Phi) is 10.4. The van der Waals surface area contributed by atoms with Gasteiger partial charge in [-0.25, -0.2) is 0 Å². The van der Waals surface area contributed by atoms with Crippen LogP contribution in [0.25, 0.3) is 0 Å². The van der Waals surface area contributed by atoms with E-state index in [0.29, 0.717) is 23.0 Å². The van der Waals surface area contributed by atoms with Crippen molar-refractivity contribution in [2.45, 2.75) is 20.3 Å². The molecule has 3 rings (SSSR count). The molecule has 1 saturated heterocycles. The van der Waals surface area contributed by atoms with Gasteiger partial charge in [0.15, 0.2) is 5.96 Å². The van der Waals surface area contributed by atoms with E-state index in [0.717, 1.165) is 49.9 Å². The Balaban J connectivity index is 0.00000363. The highest BCUT2D eigenvalue weighted by atomic mass is 127. The van der Waals surface area contributed by atoms with Crippen molar-refractivity contribution >= 4 is 58.8 Å². The lowest BCUT2D eigenvalue weighted by atomic mass is 10.2. The van der Waals surface area contributed by atoms with Crippen LogP contribution in [0.3, 0.4) is 0 Å². The smallest absolute Gasteiger partial charge is 0.226 e. The Labute approximate surface area is 211 Å². The fraction of sp³-hybridized carbons (Fsp3) is 0.391. The van der Waals surface area contributed by atoms with E-state index in [1.807, 2.05) is 50.2 Å². The molecule has 0 saturated carbocycles. The van der Waals surface area contributed by atoms with Crippen molar-refractivity contribution in [3.05, 3.63) is 53.1 Å². The number of aryl methyl sites for hydroxylation is 1. The molecular formula is C23H31ClIN5O2. The summed E-state index contributed by atoms with van der Waals surface area (Å²) in [6.07, 6.45) is 0.275. The van der Waals surface area contributed by atoms with Crippen molar-refractivity contribution in [3.63, 3.8) is 0 Å². The summed E-state index contributed by atoms with van der Waals surface area (Å²) in [5.74, 6) is 0.992. The minimum atomic E-state index is -0.116. The number of aliphatic imine (C=N–C) groups is 1. The number of hydrogen-bond donors (Lipinski definition) is 3. The average molecular weight is 572 g/mol. The molecule has 0 bridgehead atoms. The van der Waals surface area contributed by atoms with Gasteiger partial charge in [-0.15, -0.1) is 24.0 Å². The van der Waals surface area contributed by atoms with Gasteiger partial charge in [0.25, 0.3) is 0 Å². The molecule has 1 aliphatic rings. The van der Waals surface area contributed by atoms with Gasteiger partial charge < -0.3 is 25.5 Å². The lowest BCUT2D eigenvalue weighted by Crippen LogP contribution is -2.52. The van der Waals surface area contributed by atoms with Gasteiger partial charge in [0.1, 0.15) is 5.75 Å². The highest BCUT2D eigenvalue weighted by molar-refractivity contribution is 14.0. The first-order valence-electron chi connectivity index (χ1n) is 10.6. The molecule has 0 unspecified atom stereocenters. The van der Waals surface area contributed by atoms with Crippen LogP contribution in [0.1, 0.15) is 18.9 Å². The first-order valence-corrected chi connectivity index (χ1v) is 11.0. The molecule has 0 spiro atoms. The van der Waals surface area contributed by atoms with E-state index >= 15 is 0 Å². The highest BCUT2D eigenvalue weighted by Gasteiger charge is 2.21. The van der Waals surface area contributed by atoms with Crippen LogP contribution >= 0.6 is 35.6 Å². The third kappa shape index (κ3) is 7.16. The number of nitrogens with one attached hydrogen (secondary N) is 2. The van der Waals surface area contributed by atoms with Gasteiger partial charge in [0.2, 0.25) is 5.91 Å². The second kappa shape index (κ2) is 12.7. The summed E-state index contributed by atoms with van der Waals surface area (Å²) in [4.78, 5) is 21.3. The SMILES string of the molecule is CCNC(=NCCC(=O)Nc1ccc(C)cc1Cl)N1CCN(c2ccccc2O)CC1.I. The number of aromatic hydroxyl groups is 1. The van der Waals surface area contributed by atoms with Crippen molar-refractivity contribution < 1.29 is 9.90 Å². The number of hydrogen-bond acceptors (Lipinski definition) is 4. The summed E-state index contributed by atoms with van der Waals surface area (Å²) in [7, 11) is 0. The largest absolute Gasteiger partial charge is 0.506 e. The predicted octanol–water partition coefficient (Wildman–Crippen LogP) is 4.09. The molecule has 7 nitrogen and oxygen atoms in total. The minimum Gasteiger partial charge on any atom is -0.506 e. The zero-order chi connectivity index (χ0) is 22.2. The predicted molar refractivity (Wildman–Crippen MR) is 143 cm³/mol. The topological polar surface area (TPSA) is 80.2 Å². The standard InChI is InChI=1S/C23H30ClN5O2.HI/c1-3-25-23(26-11-10-22(31)27-19-9-8-17(2)16-18(19)24)29-14-12-28(13-15-29)20-6-4-5-7-21(20)30;/h4-9,16,30H,3,10-15H2,1-2H3,(H,25,26)(H,27,31);1H. The van der Waals surface area contributed by atoms with Crippen molar-refractivity contribution in [2.24, 2.45) is 4.99 Å². The average Bonchev–Trinajstić information content (AvgIpc) is 2.76. The first kappa shape index (κ1) is 26.1. The molecule has 3 N–H and O–H groups in total. The van der Waals surface area contributed by atoms with E-state index in [-0.39, 0.29) is 36.3 Å². The van der Waals surface area contributed by atoms with Crippen LogP contribution in [0.2, 0.25) is 5.02 Å². The number of amides is 1. The molecule has 0 atom stereocenters. The summed E-state index contributed by atoms with van der Waals surface area (Å²) in [5.41, 5.74) is 2.52. The molecule has 0 radical (unpaired) electrons. The Morgan fingerprint density at radius 2 is 1.88 bits per heavy atom. The summed E-state index contributed by atoms with van der Waals surface area (Å²) in [6, 6.07) is 13.0. The first-order chi connectivity index (χ1) is 15.0. The molecule has 9 heteroatoms. The number of benzene rings is 2. The van der Waals surface area contributed by atoms with Crippen molar-refractivity contribution in [2.75, 3.05) is 49.5 Å². The zero-order valence-corrected chi connectivity index (χ0v) is 21.6. The number of piperazine rings is 1. The monoisotopic (exact) mass is 571 g/mol. The van der Waals surface area contributed by atoms with Crippen LogP contribution < -0.4 is 15.5 Å². The van der Waals surface area contributed by atoms with Crippen LogP contribution in [-0.2, 0) is 4.79 Å². The number of guanidine groups is 1. The number of phenolic OH excluding ortho intramolecular Hbond substituents is 1. The van der Waals surface area contributed by atoms with E-state index in [1.165, 1.54) is 0 Å². The van der Waals surface area contributed by atoms with E-state index in [2.05, 4.69) is 25.4 Å². The van der Waals surface area contributed by atoms with Crippen molar-refractivity contribution in [1.82, 2.24) is 10.2 Å². The van der Waals surface area contributed by atoms with Gasteiger partial charge >= 0.3 is 0 Å². The summed E-state index contributed by atoms with van der Waals surface area (Å²) < 4.78 is 0. The normalized spacial score (nSPS) is 14.0. The maximum absolute atomic E-state index is 12.3. The van der Waals surface area contributed by atoms with Gasteiger partial charge in [0, 0.05) is 39.1 Å². The van der Waals surface area contributed by atoms with Gasteiger partial charge in [-0.05, 0) is 43.7 Å². The third-order valence-corrected chi connectivity index (χ3v) is 5.45. The van der Waals surface area contributed by atoms with E-state index in [9.17, 15) is 9.90 Å². The molecular weight excluding hydrogens is 541 g/mol. The Morgan fingerprint density at radius 3 is 2.53 bits per heavy atom. The second-order valence-electron chi connectivity index (χ2n) is 7.48. The number of carbonyl (C=O) groups excluding carboxylic acids is 1. The number of nitrogens with zero attached hydrogens (tertiary/aromatic N) is 3. The quantitative estimate of drug-likeness (QED) is 0.277. The number of halogens is 2. The molecule has 32 heavy (non-hydrogen) atoms. The number of phenols is 1. The maximum Gasteiger partial charge on any atom is 0.226 e. The maximum atomic E-state index is 12.3. The van der Waals surface area contributed by atoms with Crippen molar-refractivity contribution in [3.8, 4) is 5.75 Å². The Bertz CT molecular complexity index is 932. The summed E-state index contributed by atoms with van der Waals surface area (Å²) >= 11 is 6.19. The van der Waals surface area contributed by atoms with Crippen LogP contribution in [0.15, 0.2) is 47.5 Å². The molecule has 1 amide bonds. The number of para-hydroxylation sites is 2. The van der Waals surface area contributed by atoms with E-state index < -0.39 is 0 Å². The van der Waals surface area contributed by atoms with Crippen LogP contribution in [0.5, 0.6) is 5.75 Å². The van der Waals surface area contributed by atoms with Crippen molar-refractivity contribution in [1.29, 1.82) is 0 Å². The van der Waals surface area contributed by atoms with Gasteiger partial charge in [-0.2, -0.15) is 0 Å². The van der Waals surface area contributed by atoms with Gasteiger partial charge in [-0.1, -0.05) is 29.8 Å². The zero-order valence-electron chi connectivity index (χ0n) is 18.5. The molecule has 0 aliphatic carbocycles. The molecule has 2 aromatic rings. The fourth-order valence-corrected chi connectivity index (χ4v) is 3.80. The molecule has 1 aliphatic heterocycles. The third-order valence-electron chi connectivity index (χ3n) is 5.14. The lowest BCUT2D eigenvalue weighted by molar-refractivity contribution is -0.116. The fourth-order valence-electron chi connectivity index (χ4n) is 3.51. The molecule has 0 aromatic heterocycles. The summed E-state index contributed by atoms with van der Waals surface area (Å²) in [5, 5.41) is 16.8. The second-order valence-corrected chi connectivity index (χ2v) is 7.89. The molecule has 174 valence electrons. The Hall–Kier alpha value is -2.20. The number of rotatable bonds is 6. The van der Waals surface area contributed by atoms with Crippen LogP contribution in [0, 0.1) is 6.92 Å². The van der Waals surface area contributed by atoms with Gasteiger partial charge in [0.05, 0.1) is 22.9 Å². The number of carbonyl (C=O) groups is 1. The minimum absolute atomic E-state index is 0. The summed E-state index contributed by atoms with van der Waals surface area (Å²) in [6.45, 7) is 8.26. The molecule has 1 heterocycles.